The van der Waals surface area contributed by atoms with E-state index in [4.69, 9.17) is 11.6 Å². The Balaban J connectivity index is 2.11. The van der Waals surface area contributed by atoms with Crippen LogP contribution in [0.3, 0.4) is 0 Å². The molecule has 1 aliphatic rings. The van der Waals surface area contributed by atoms with Crippen molar-refractivity contribution in [1.29, 1.82) is 0 Å². The molecule has 1 amide bonds. The maximum Gasteiger partial charge on any atom is 0.320 e. The van der Waals surface area contributed by atoms with E-state index >= 15 is 0 Å². The van der Waals surface area contributed by atoms with Gasteiger partial charge in [-0.3, -0.25) is 14.9 Å². The van der Waals surface area contributed by atoms with Crippen LogP contribution in [0.15, 0.2) is 18.2 Å². The third kappa shape index (κ3) is 3.82. The molecule has 126 valence electrons. The predicted octanol–water partition coefficient (Wildman–Crippen LogP) is 2.67. The van der Waals surface area contributed by atoms with Crippen LogP contribution in [-0.2, 0) is 9.59 Å². The van der Waals surface area contributed by atoms with E-state index in [0.29, 0.717) is 25.1 Å². The van der Waals surface area contributed by atoms with Crippen molar-refractivity contribution in [2.75, 3.05) is 11.4 Å². The summed E-state index contributed by atoms with van der Waals surface area (Å²) in [6.45, 7) is 4.14. The zero-order valence-electron chi connectivity index (χ0n) is 13.1. The quantitative estimate of drug-likeness (QED) is 0.834. The van der Waals surface area contributed by atoms with Gasteiger partial charge in [-0.1, -0.05) is 31.9 Å². The number of hydrogen-bond acceptors (Lipinski definition) is 3. The Morgan fingerprint density at radius 1 is 1.57 bits per heavy atom. The number of nitrogens with zero attached hydrogens (tertiary/aromatic N) is 1. The van der Waals surface area contributed by atoms with Gasteiger partial charge in [-0.05, 0) is 30.5 Å². The second-order valence-corrected chi connectivity index (χ2v) is 6.20. The third-order valence-corrected chi connectivity index (χ3v) is 4.59. The van der Waals surface area contributed by atoms with Crippen LogP contribution < -0.4 is 10.2 Å². The van der Waals surface area contributed by atoms with Gasteiger partial charge in [-0.15, -0.1) is 0 Å². The van der Waals surface area contributed by atoms with Gasteiger partial charge in [0.25, 0.3) is 0 Å². The van der Waals surface area contributed by atoms with Crippen LogP contribution in [0.25, 0.3) is 0 Å². The van der Waals surface area contributed by atoms with E-state index in [-0.39, 0.29) is 16.8 Å². The van der Waals surface area contributed by atoms with Crippen molar-refractivity contribution in [1.82, 2.24) is 5.32 Å². The largest absolute Gasteiger partial charge is 0.480 e. The van der Waals surface area contributed by atoms with Crippen LogP contribution in [-0.4, -0.2) is 35.6 Å². The molecule has 0 aliphatic carbocycles. The Kier molecular flexibility index (Phi) is 5.59. The Morgan fingerprint density at radius 3 is 2.83 bits per heavy atom. The smallest absolute Gasteiger partial charge is 0.320 e. The van der Waals surface area contributed by atoms with Crippen molar-refractivity contribution in [2.45, 2.75) is 38.8 Å². The number of benzene rings is 1. The van der Waals surface area contributed by atoms with Gasteiger partial charge in [0.05, 0.1) is 11.1 Å². The molecule has 2 N–H and O–H groups in total. The van der Waals surface area contributed by atoms with Crippen molar-refractivity contribution >= 4 is 29.2 Å². The van der Waals surface area contributed by atoms with Crippen molar-refractivity contribution in [2.24, 2.45) is 5.92 Å². The van der Waals surface area contributed by atoms with Gasteiger partial charge in [0.1, 0.15) is 11.9 Å². The maximum atomic E-state index is 13.6. The molecule has 1 heterocycles. The second-order valence-electron chi connectivity index (χ2n) is 5.80. The number of carbonyl (C=O) groups is 2. The summed E-state index contributed by atoms with van der Waals surface area (Å²) in [4.78, 5) is 25.3. The molecule has 2 rings (SSSR count). The minimum Gasteiger partial charge on any atom is -0.480 e. The van der Waals surface area contributed by atoms with Crippen LogP contribution in [0.4, 0.5) is 10.1 Å². The Bertz CT molecular complexity index is 611. The highest BCUT2D eigenvalue weighted by molar-refractivity contribution is 6.30. The lowest BCUT2D eigenvalue weighted by atomic mass is 9.98. The first-order chi connectivity index (χ1) is 10.8. The molecular formula is C16H20ClFN2O3. The number of anilines is 1. The first-order valence-electron chi connectivity index (χ1n) is 7.60. The number of amides is 1. The van der Waals surface area contributed by atoms with E-state index in [0.717, 1.165) is 0 Å². The molecule has 0 spiro atoms. The summed E-state index contributed by atoms with van der Waals surface area (Å²) in [7, 11) is 0. The molecule has 1 fully saturated rings. The summed E-state index contributed by atoms with van der Waals surface area (Å²) in [6.07, 6.45) is 1.17. The molecule has 0 aromatic heterocycles. The number of halogens is 2. The average Bonchev–Trinajstić information content (AvgIpc) is 2.87. The lowest BCUT2D eigenvalue weighted by Crippen LogP contribution is -2.50. The van der Waals surface area contributed by atoms with Crippen LogP contribution in [0.5, 0.6) is 0 Å². The van der Waals surface area contributed by atoms with Crippen molar-refractivity contribution in [3.63, 3.8) is 0 Å². The zero-order valence-corrected chi connectivity index (χ0v) is 13.8. The van der Waals surface area contributed by atoms with Gasteiger partial charge in [0.2, 0.25) is 5.91 Å². The molecule has 1 aromatic carbocycles. The summed E-state index contributed by atoms with van der Waals surface area (Å²) in [5.74, 6) is -1.90. The summed E-state index contributed by atoms with van der Waals surface area (Å²) >= 11 is 5.65. The lowest BCUT2D eigenvalue weighted by Gasteiger charge is -2.24. The van der Waals surface area contributed by atoms with Crippen LogP contribution in [0, 0.1) is 11.7 Å². The third-order valence-electron chi connectivity index (χ3n) is 4.28. The molecule has 23 heavy (non-hydrogen) atoms. The highest BCUT2D eigenvalue weighted by atomic mass is 35.5. The standard InChI is InChI=1S/C16H20ClFN2O3/c1-3-9(2)14(16(22)23)19-13-6-7-20(15(13)21)10-4-5-11(17)12(18)8-10/h4-5,8-9,13-14,19H,3,6-7H2,1-2H3,(H,22,23)/t9-,13?,14-/m0/s1. The first-order valence-corrected chi connectivity index (χ1v) is 7.98. The van der Waals surface area contributed by atoms with E-state index in [1.54, 1.807) is 6.07 Å². The Morgan fingerprint density at radius 2 is 2.26 bits per heavy atom. The summed E-state index contributed by atoms with van der Waals surface area (Å²) < 4.78 is 13.6. The SMILES string of the molecule is CC[C@H](C)[C@H](NC1CCN(c2ccc(Cl)c(F)c2)C1=O)C(=O)O. The van der Waals surface area contributed by atoms with Gasteiger partial charge in [0.15, 0.2) is 0 Å². The van der Waals surface area contributed by atoms with Crippen molar-refractivity contribution in [3.05, 3.63) is 29.0 Å². The number of carboxylic acids is 1. The summed E-state index contributed by atoms with van der Waals surface area (Å²) in [5, 5.41) is 12.2. The van der Waals surface area contributed by atoms with Gasteiger partial charge in [-0.2, -0.15) is 0 Å². The number of hydrogen-bond donors (Lipinski definition) is 2. The number of aliphatic carboxylic acids is 1. The van der Waals surface area contributed by atoms with E-state index in [1.165, 1.54) is 17.0 Å². The lowest BCUT2D eigenvalue weighted by molar-refractivity contribution is -0.141. The van der Waals surface area contributed by atoms with Gasteiger partial charge in [-0.25, -0.2) is 4.39 Å². The van der Waals surface area contributed by atoms with Gasteiger partial charge < -0.3 is 10.0 Å². The number of rotatable bonds is 6. The normalized spacial score (nSPS) is 20.6. The minimum absolute atomic E-state index is 0.00205. The molecule has 0 bridgehead atoms. The number of carboxylic acid groups (broad SMARTS) is 1. The zero-order chi connectivity index (χ0) is 17.1. The van der Waals surface area contributed by atoms with E-state index in [2.05, 4.69) is 5.32 Å². The molecule has 0 saturated carbocycles. The monoisotopic (exact) mass is 342 g/mol. The molecule has 7 heteroatoms. The van der Waals surface area contributed by atoms with E-state index in [1.807, 2.05) is 13.8 Å². The van der Waals surface area contributed by atoms with Gasteiger partial charge >= 0.3 is 5.97 Å². The molecule has 5 nitrogen and oxygen atoms in total. The van der Waals surface area contributed by atoms with Crippen LogP contribution in [0.2, 0.25) is 5.02 Å². The molecular weight excluding hydrogens is 323 g/mol. The minimum atomic E-state index is -0.969. The molecule has 1 saturated heterocycles. The van der Waals surface area contributed by atoms with Gasteiger partial charge in [0, 0.05) is 12.2 Å². The number of nitrogens with one attached hydrogen (secondary N) is 1. The predicted molar refractivity (Wildman–Crippen MR) is 86.2 cm³/mol. The highest BCUT2D eigenvalue weighted by Crippen LogP contribution is 2.26. The first kappa shape index (κ1) is 17.7. The highest BCUT2D eigenvalue weighted by Gasteiger charge is 2.36. The Labute approximate surface area is 139 Å². The second kappa shape index (κ2) is 7.27. The van der Waals surface area contributed by atoms with Crippen molar-refractivity contribution < 1.29 is 19.1 Å². The van der Waals surface area contributed by atoms with Crippen molar-refractivity contribution in [3.8, 4) is 0 Å². The van der Waals surface area contributed by atoms with Crippen LogP contribution in [0.1, 0.15) is 26.7 Å². The molecule has 3 atom stereocenters. The summed E-state index contributed by atoms with van der Waals surface area (Å²) in [5.41, 5.74) is 0.427. The fraction of sp³-hybridized carbons (Fsp3) is 0.500. The summed E-state index contributed by atoms with van der Waals surface area (Å²) in [6, 6.07) is 2.83. The molecule has 1 aliphatic heterocycles. The maximum absolute atomic E-state index is 13.6. The topological polar surface area (TPSA) is 69.6 Å². The number of carbonyl (C=O) groups excluding carboxylic acids is 1. The molecule has 1 unspecified atom stereocenters. The molecule has 1 aromatic rings. The van der Waals surface area contributed by atoms with E-state index in [9.17, 15) is 19.1 Å². The average molecular weight is 343 g/mol. The van der Waals surface area contributed by atoms with Crippen LogP contribution >= 0.6 is 11.6 Å². The van der Waals surface area contributed by atoms with E-state index < -0.39 is 23.9 Å². The fourth-order valence-corrected chi connectivity index (χ4v) is 2.79. The Hall–Kier alpha value is -1.66. The molecule has 0 radical (unpaired) electrons. The fourth-order valence-electron chi connectivity index (χ4n) is 2.68.